The van der Waals surface area contributed by atoms with E-state index in [2.05, 4.69) is 116 Å². The van der Waals surface area contributed by atoms with E-state index < -0.39 is 64.7 Å². The van der Waals surface area contributed by atoms with Gasteiger partial charge in [0.25, 0.3) is 0 Å². The van der Waals surface area contributed by atoms with Crippen LogP contribution in [-0.4, -0.2) is 85.7 Å². The lowest BCUT2D eigenvalue weighted by Gasteiger charge is -2.22. The van der Waals surface area contributed by atoms with Gasteiger partial charge in [0, 0.05) is 53.4 Å². The molecule has 0 aliphatic carbocycles. The van der Waals surface area contributed by atoms with E-state index in [1.54, 1.807) is 138 Å². The Labute approximate surface area is 721 Å². The van der Waals surface area contributed by atoms with Crippen LogP contribution < -0.4 is 0 Å². The van der Waals surface area contributed by atoms with Crippen LogP contribution in [0.25, 0.3) is 34.8 Å². The summed E-state index contributed by atoms with van der Waals surface area (Å²) in [6.07, 6.45) is 15.9. The van der Waals surface area contributed by atoms with Crippen LogP contribution in [0, 0.1) is 30.1 Å². The molecule has 0 amide bonds. The zero-order valence-electron chi connectivity index (χ0n) is 72.0. The predicted molar refractivity (Wildman–Crippen MR) is 481 cm³/mol. The number of allylic oxidation sites excluding steroid dienone is 7. The zero-order chi connectivity index (χ0) is 91.6. The number of ether oxygens (including phenoxy) is 2. The van der Waals surface area contributed by atoms with Crippen LogP contribution in [-0.2, 0) is 27.9 Å². The number of terminal acetylenes is 1. The lowest BCUT2D eigenvalue weighted by Crippen LogP contribution is -2.29. The molecule has 0 N–H and O–H groups in total. The van der Waals surface area contributed by atoms with E-state index in [1.165, 1.54) is 82.5 Å². The number of alkyl halides is 11. The molecule has 0 spiro atoms. The van der Waals surface area contributed by atoms with Gasteiger partial charge in [0.05, 0.1) is 62.4 Å². The highest BCUT2D eigenvalue weighted by Gasteiger charge is 2.43. The number of methoxy groups -OCH3 is 2. The summed E-state index contributed by atoms with van der Waals surface area (Å²) >= 11 is 9.28. The molecule has 121 heavy (non-hydrogen) atoms. The maximum atomic E-state index is 13.1. The smallest absolute Gasteiger partial charge is 0.413 e. The molecule has 0 aliphatic rings. The fourth-order valence-corrected chi connectivity index (χ4v) is 11.6. The van der Waals surface area contributed by atoms with Crippen LogP contribution in [0.1, 0.15) is 159 Å². The molecule has 0 fully saturated rings. The highest BCUT2D eigenvalue weighted by Crippen LogP contribution is 2.35. The monoisotopic (exact) mass is 1750 g/mol. The summed E-state index contributed by atoms with van der Waals surface area (Å²) in [4.78, 5) is 46.7. The van der Waals surface area contributed by atoms with Crippen LogP contribution in [0.3, 0.4) is 0 Å². The Morgan fingerprint density at radius 2 is 0.884 bits per heavy atom. The summed E-state index contributed by atoms with van der Waals surface area (Å²) in [5.41, 5.74) is 10.1. The van der Waals surface area contributed by atoms with Crippen LogP contribution in [0.5, 0.6) is 0 Å². The van der Waals surface area contributed by atoms with Crippen LogP contribution >= 0.6 is 23.2 Å². The molecule has 6 aromatic carbocycles. The molecule has 0 saturated heterocycles. The van der Waals surface area contributed by atoms with Gasteiger partial charge in [-0.15, -0.1) is 35.5 Å². The Balaban J connectivity index is 0.00000138. The minimum Gasteiger partial charge on any atom is -0.544 e. The molecular weight excluding hydrogens is 1640 g/mol. The topological polar surface area (TPSA) is 145 Å². The van der Waals surface area contributed by atoms with E-state index >= 15 is 0 Å². The Bertz CT molecular complexity index is 4630. The Kier molecular flexibility index (Phi) is 55.0. The average Bonchev–Trinajstić information content (AvgIpc) is 1.66. The van der Waals surface area contributed by atoms with Gasteiger partial charge in [-0.1, -0.05) is 232 Å². The van der Waals surface area contributed by atoms with Crippen molar-refractivity contribution in [3.8, 4) is 24.2 Å². The van der Waals surface area contributed by atoms with Gasteiger partial charge in [0.1, 0.15) is 30.0 Å². The molecule has 9 rings (SSSR count). The number of esters is 2. The number of carbonyl (C=O) groups excluding carboxylic acids is 4. The molecule has 0 aliphatic heterocycles. The fourth-order valence-electron chi connectivity index (χ4n) is 9.96. The van der Waals surface area contributed by atoms with E-state index in [0.717, 1.165) is 53.4 Å². The van der Waals surface area contributed by atoms with Crippen molar-refractivity contribution in [3.05, 3.63) is 323 Å². The second-order valence-electron chi connectivity index (χ2n) is 27.8. The quantitative estimate of drug-likeness (QED) is 0.00516. The van der Waals surface area contributed by atoms with Gasteiger partial charge >= 0.3 is 30.5 Å². The summed E-state index contributed by atoms with van der Waals surface area (Å²) in [6.45, 7) is 26.4. The number of rotatable bonds is 23. The summed E-state index contributed by atoms with van der Waals surface area (Å²) in [5.74, 6) is 3.41. The van der Waals surface area contributed by atoms with Crippen molar-refractivity contribution in [2.75, 3.05) is 27.0 Å². The van der Waals surface area contributed by atoms with Crippen molar-refractivity contribution in [2.24, 2.45) is 5.92 Å². The van der Waals surface area contributed by atoms with E-state index in [1.807, 2.05) is 105 Å². The van der Waals surface area contributed by atoms with Gasteiger partial charge in [-0.05, 0) is 163 Å². The number of benzene rings is 6. The number of unbranched alkanes of at least 4 members (excludes halogenated alkanes) is 3. The summed E-state index contributed by atoms with van der Waals surface area (Å²) < 4.78 is 148. The lowest BCUT2D eigenvalue weighted by molar-refractivity contribution is -0.149. The standard InChI is InChI=1S/C18H18O4.C16H19F3O.C15H18O2Si.C13H12O.C12H15F3OSi.C10H9F3.C6H10.C5H6O2.2CH3Cl/c1-12(13(2)18(20)21-3)16(14-7-5-4-6-8-14)17(19)15-9-10-22-11-15;1-3-4-8-12(2)11-14(16(17,18)19)15(20)13-9-6-5-7-10-13;1-18(2,3)17-15(14-9-10-16-12-14)11-13-7-5-4-6-8-13;1-11(13-7-8-14-10-13)9-12-5-3-2-4-6-12;1-17(2,3)16-11(9-12(13,14)15)10-7-5-4-6-8-10;1-8(7-10(11,12)13)9-5-3-2-4-6-9;1-3-5-6-4-2;1-3-4-5(6)7-2;2*1-2/h4-11,16H,1-3H3;5-7,9-11,14H,3-4,8H2,1-2H3;4-12H,1-3H3;2-10H,1H3;4-9H,1-3H3;2-7H,1H3;1H,4-6H2,2H3;1-2H3;2*1H3. The van der Waals surface area contributed by atoms with Crippen LogP contribution in [0.15, 0.2) is 286 Å². The number of Topliss-reactive ketones (excluding diaryl/α,β-unsaturated/α-hetero) is 2. The highest BCUT2D eigenvalue weighted by molar-refractivity contribution is 6.71. The molecular formula is C97H113Cl2F9O11Si2. The summed E-state index contributed by atoms with van der Waals surface area (Å²) in [5, 5.41) is 0. The number of furan rings is 3. The molecule has 0 bridgehead atoms. The SMILES string of the molecule is C#CCCCC.CC#CC(=O)OC.CC(=CC(F)(F)F)c1ccccc1.CC(=Cc1ccccc1)c1ccoc1.CCCCC(C)=CC(C(=O)c1ccccc1)C(F)(F)F.CCl.CCl.COC(=O)C(C)=C(C)C(C(=O)c1ccoc1)c1ccccc1.C[Si](C)(C)OC(=CC(F)(F)F)c1ccccc1.C[Si](C)(C)OC(=Cc1ccccc1)c1ccoc1. The first kappa shape index (κ1) is 110. The number of carbonyl (C=O) groups is 4. The molecule has 3 heterocycles. The fraction of sp³-hybridized carbons (Fsp3) is 0.299. The van der Waals surface area contributed by atoms with Gasteiger partial charge in [-0.3, -0.25) is 9.59 Å². The van der Waals surface area contributed by atoms with E-state index in [4.69, 9.17) is 33.3 Å². The van der Waals surface area contributed by atoms with Crippen molar-refractivity contribution in [2.45, 2.75) is 158 Å². The van der Waals surface area contributed by atoms with Crippen molar-refractivity contribution >= 4 is 98.2 Å². The average molecular weight is 1750 g/mol. The third-order valence-corrected chi connectivity index (χ3v) is 17.4. The third kappa shape index (κ3) is 50.0. The first-order chi connectivity index (χ1) is 57.2. The molecule has 11 nitrogen and oxygen atoms in total. The zero-order valence-corrected chi connectivity index (χ0v) is 75.5. The van der Waals surface area contributed by atoms with Gasteiger partial charge in [-0.25, -0.2) is 9.59 Å². The largest absolute Gasteiger partial charge is 0.544 e. The molecule has 24 heteroatoms. The van der Waals surface area contributed by atoms with Gasteiger partial charge < -0.3 is 31.6 Å². The number of hydrogen-bond donors (Lipinski definition) is 0. The van der Waals surface area contributed by atoms with Crippen LogP contribution in [0.4, 0.5) is 39.5 Å². The highest BCUT2D eigenvalue weighted by atomic mass is 35.5. The summed E-state index contributed by atoms with van der Waals surface area (Å²) in [7, 11) is -1.09. The normalized spacial score (nSPS) is 12.1. The van der Waals surface area contributed by atoms with Crippen molar-refractivity contribution in [1.82, 2.24) is 0 Å². The molecule has 0 radical (unpaired) electrons. The second kappa shape index (κ2) is 60.5. The third-order valence-electron chi connectivity index (χ3n) is 15.7. The maximum Gasteiger partial charge on any atom is 0.413 e. The number of halogens is 11. The molecule has 2 atom stereocenters. The number of hydrogen-bond acceptors (Lipinski definition) is 11. The van der Waals surface area contributed by atoms with E-state index in [9.17, 15) is 58.7 Å². The lowest BCUT2D eigenvalue weighted by atomic mass is 9.84. The van der Waals surface area contributed by atoms with E-state index in [-0.39, 0.29) is 28.8 Å². The summed E-state index contributed by atoms with van der Waals surface area (Å²) in [6, 6.07) is 59.8. The first-order valence-electron chi connectivity index (χ1n) is 38.2. The molecule has 9 aromatic rings. The minimum atomic E-state index is -4.56. The van der Waals surface area contributed by atoms with E-state index in [0.29, 0.717) is 45.9 Å². The van der Waals surface area contributed by atoms with Crippen molar-refractivity contribution in [3.63, 3.8) is 0 Å². The second-order valence-corrected chi connectivity index (χ2v) is 36.7. The minimum absolute atomic E-state index is 0.0920. The first-order valence-corrected chi connectivity index (χ1v) is 46.5. The Morgan fingerprint density at radius 3 is 1.26 bits per heavy atom. The van der Waals surface area contributed by atoms with Gasteiger partial charge in [0.15, 0.2) is 11.6 Å². The maximum absolute atomic E-state index is 13.1. The van der Waals surface area contributed by atoms with Crippen LogP contribution in [0.2, 0.25) is 39.3 Å². The van der Waals surface area contributed by atoms with Crippen molar-refractivity contribution < 1.29 is 90.3 Å². The molecule has 652 valence electrons. The molecule has 3 aromatic heterocycles. The Morgan fingerprint density at radius 1 is 0.479 bits per heavy atom. The predicted octanol–water partition coefficient (Wildman–Crippen LogP) is 29.2. The van der Waals surface area contributed by atoms with Gasteiger partial charge in [0.2, 0.25) is 16.6 Å². The Hall–Kier alpha value is -11.0. The van der Waals surface area contributed by atoms with Crippen molar-refractivity contribution in [1.29, 1.82) is 0 Å². The number of ketones is 2. The molecule has 2 unspecified atom stereocenters. The van der Waals surface area contributed by atoms with Gasteiger partial charge in [-0.2, -0.15) is 39.5 Å². The molecule has 0 saturated carbocycles.